The number of halogens is 1. The van der Waals surface area contributed by atoms with Gasteiger partial charge in [0.2, 0.25) is 0 Å². The Morgan fingerprint density at radius 3 is 3.00 bits per heavy atom. The van der Waals surface area contributed by atoms with Gasteiger partial charge in [0.25, 0.3) is 0 Å². The molecule has 0 aliphatic carbocycles. The first-order chi connectivity index (χ1) is 6.24. The molecule has 0 amide bonds. The molecule has 0 N–H and O–H groups in total. The quantitative estimate of drug-likeness (QED) is 0.442. The fourth-order valence-corrected chi connectivity index (χ4v) is 4.74. The fourth-order valence-electron chi connectivity index (χ4n) is 0.989. The monoisotopic (exact) mass is 329 g/mol. The Morgan fingerprint density at radius 2 is 2.46 bits per heavy atom. The summed E-state index contributed by atoms with van der Waals surface area (Å²) in [7, 11) is 0. The summed E-state index contributed by atoms with van der Waals surface area (Å²) in [5, 5.41) is 0.783. The third-order valence-corrected chi connectivity index (χ3v) is 6.21. The maximum Gasteiger partial charge on any atom is 0.124 e. The van der Waals surface area contributed by atoms with Crippen LogP contribution < -0.4 is 0 Å². The Balaban J connectivity index is 2.27. The Kier molecular flexibility index (Phi) is 6.14. The van der Waals surface area contributed by atoms with Gasteiger partial charge >= 0.3 is 0 Å². The molecular weight excluding hydrogens is 313 g/mol. The second-order valence-corrected chi connectivity index (χ2v) is 7.61. The van der Waals surface area contributed by atoms with Crippen LogP contribution >= 0.6 is 46.1 Å². The van der Waals surface area contributed by atoms with Gasteiger partial charge in [0.1, 0.15) is 4.38 Å². The first kappa shape index (κ1) is 12.2. The van der Waals surface area contributed by atoms with E-state index in [0.717, 1.165) is 15.7 Å². The molecule has 1 aliphatic rings. The zero-order valence-electron chi connectivity index (χ0n) is 8.12. The summed E-state index contributed by atoms with van der Waals surface area (Å²) >= 11 is 6.42. The van der Waals surface area contributed by atoms with Gasteiger partial charge in [0, 0.05) is 21.5 Å². The average molecular weight is 329 g/mol. The highest BCUT2D eigenvalue weighted by Gasteiger charge is 2.25. The number of nitrogens with zero attached hydrogens (tertiary/aromatic N) is 1. The second kappa shape index (κ2) is 6.56. The van der Waals surface area contributed by atoms with Crippen LogP contribution in [0.15, 0.2) is 4.99 Å². The van der Waals surface area contributed by atoms with Crippen molar-refractivity contribution < 1.29 is 0 Å². The number of rotatable bonds is 4. The molecule has 0 radical (unpaired) electrons. The minimum absolute atomic E-state index is 0.758. The van der Waals surface area contributed by atoms with Crippen LogP contribution in [-0.4, -0.2) is 25.8 Å². The Hall–Kier alpha value is 1.10. The Morgan fingerprint density at radius 1 is 1.69 bits per heavy atom. The highest BCUT2D eigenvalue weighted by Crippen LogP contribution is 2.36. The van der Waals surface area contributed by atoms with Crippen molar-refractivity contribution in [3.63, 3.8) is 0 Å². The van der Waals surface area contributed by atoms with Crippen LogP contribution in [-0.2, 0) is 0 Å². The lowest BCUT2D eigenvalue weighted by atomic mass is 10.3. The molecule has 4 heteroatoms. The van der Waals surface area contributed by atoms with Gasteiger partial charge in [-0.05, 0) is 6.42 Å². The van der Waals surface area contributed by atoms with Crippen molar-refractivity contribution >= 4 is 50.5 Å². The molecule has 76 valence electrons. The molecule has 0 saturated carbocycles. The molecule has 0 bridgehead atoms. The largest absolute Gasteiger partial charge is 0.272 e. The van der Waals surface area contributed by atoms with E-state index in [0.29, 0.717) is 0 Å². The number of aliphatic imine (C=N–C) groups is 1. The zero-order valence-corrected chi connectivity index (χ0v) is 11.9. The van der Waals surface area contributed by atoms with Crippen LogP contribution in [0.2, 0.25) is 0 Å². The highest BCUT2D eigenvalue weighted by molar-refractivity contribution is 14.1. The van der Waals surface area contributed by atoms with Crippen molar-refractivity contribution in [2.24, 2.45) is 4.99 Å². The third kappa shape index (κ3) is 4.42. The van der Waals surface area contributed by atoms with E-state index in [4.69, 9.17) is 0 Å². The lowest BCUT2D eigenvalue weighted by Gasteiger charge is -2.07. The molecule has 0 aromatic heterocycles. The summed E-state index contributed by atoms with van der Waals surface area (Å²) in [6.45, 7) is 5.52. The van der Waals surface area contributed by atoms with E-state index >= 15 is 0 Å². The molecule has 2 unspecified atom stereocenters. The first-order valence-electron chi connectivity index (χ1n) is 4.72. The van der Waals surface area contributed by atoms with Gasteiger partial charge in [-0.25, -0.2) is 0 Å². The van der Waals surface area contributed by atoms with Crippen LogP contribution in [0.1, 0.15) is 26.7 Å². The fraction of sp³-hybridized carbons (Fsp3) is 0.889. The first-order valence-corrected chi connectivity index (χ1v) is 7.83. The minimum Gasteiger partial charge on any atom is -0.272 e. The molecule has 1 rings (SSSR count). The zero-order chi connectivity index (χ0) is 9.68. The molecule has 1 fully saturated rings. The topological polar surface area (TPSA) is 12.4 Å². The number of hydrogen-bond donors (Lipinski definition) is 0. The molecule has 1 nitrogen and oxygen atoms in total. The molecule has 13 heavy (non-hydrogen) atoms. The van der Waals surface area contributed by atoms with Crippen LogP contribution in [0, 0.1) is 0 Å². The van der Waals surface area contributed by atoms with Crippen molar-refractivity contribution in [1.29, 1.82) is 0 Å². The van der Waals surface area contributed by atoms with E-state index in [1.54, 1.807) is 0 Å². The maximum atomic E-state index is 4.58. The van der Waals surface area contributed by atoms with E-state index in [2.05, 4.69) is 41.4 Å². The summed E-state index contributed by atoms with van der Waals surface area (Å²) in [5.41, 5.74) is 0. The van der Waals surface area contributed by atoms with Crippen molar-refractivity contribution in [3.05, 3.63) is 0 Å². The Labute approximate surface area is 103 Å². The van der Waals surface area contributed by atoms with Gasteiger partial charge in [0.15, 0.2) is 0 Å². The van der Waals surface area contributed by atoms with E-state index < -0.39 is 0 Å². The van der Waals surface area contributed by atoms with Gasteiger partial charge in [-0.15, -0.1) is 0 Å². The van der Waals surface area contributed by atoms with Crippen molar-refractivity contribution in [1.82, 2.24) is 0 Å². The summed E-state index contributed by atoms with van der Waals surface area (Å²) < 4.78 is 2.08. The average Bonchev–Trinajstić information content (AvgIpc) is 2.53. The van der Waals surface area contributed by atoms with Gasteiger partial charge in [-0.3, -0.25) is 4.99 Å². The normalized spacial score (nSPS) is 28.2. The summed E-state index contributed by atoms with van der Waals surface area (Å²) in [6.07, 6.45) is 2.48. The molecule has 1 saturated heterocycles. The number of unbranched alkanes of at least 4 members (excludes halogenated alkanes) is 1. The molecule has 1 heterocycles. The minimum atomic E-state index is 0.758. The Bertz CT molecular complexity index is 182. The van der Waals surface area contributed by atoms with Gasteiger partial charge in [-0.2, -0.15) is 0 Å². The van der Waals surface area contributed by atoms with Gasteiger partial charge in [0.05, 0.1) is 0 Å². The van der Waals surface area contributed by atoms with E-state index in [9.17, 15) is 0 Å². The van der Waals surface area contributed by atoms with E-state index in [1.165, 1.54) is 23.0 Å². The molecule has 1 aliphatic heterocycles. The van der Waals surface area contributed by atoms with E-state index in [-0.39, 0.29) is 0 Å². The lowest BCUT2D eigenvalue weighted by molar-refractivity contribution is 0.811. The highest BCUT2D eigenvalue weighted by atomic mass is 127. The number of alkyl halides is 1. The summed E-state index contributed by atoms with van der Waals surface area (Å²) in [6, 6.07) is 0. The smallest absolute Gasteiger partial charge is 0.124 e. The van der Waals surface area contributed by atoms with Crippen LogP contribution in [0.25, 0.3) is 0 Å². The van der Waals surface area contributed by atoms with Crippen LogP contribution in [0.4, 0.5) is 0 Å². The van der Waals surface area contributed by atoms with Crippen molar-refractivity contribution in [3.8, 4) is 0 Å². The standard InChI is InChI=1S/C9H16INS2/c1-3-4-5-11-9-12-6-8(13-9)7(2)10/h7-8H,3-6H2,1-2H3. The van der Waals surface area contributed by atoms with Crippen molar-refractivity contribution in [2.75, 3.05) is 12.3 Å². The molecule has 0 aromatic carbocycles. The number of thioether (sulfide) groups is 2. The van der Waals surface area contributed by atoms with Crippen LogP contribution in [0.5, 0.6) is 0 Å². The van der Waals surface area contributed by atoms with Gasteiger partial charge < -0.3 is 0 Å². The molecular formula is C9H16INS2. The van der Waals surface area contributed by atoms with Gasteiger partial charge in [-0.1, -0.05) is 66.4 Å². The number of hydrogen-bond acceptors (Lipinski definition) is 3. The predicted molar refractivity (Wildman–Crippen MR) is 74.5 cm³/mol. The molecule has 0 aromatic rings. The molecule has 2 atom stereocenters. The van der Waals surface area contributed by atoms with Crippen molar-refractivity contribution in [2.45, 2.75) is 35.9 Å². The van der Waals surface area contributed by atoms with Crippen LogP contribution in [0.3, 0.4) is 0 Å². The van der Waals surface area contributed by atoms with E-state index in [1.807, 2.05) is 23.5 Å². The second-order valence-electron chi connectivity index (χ2n) is 3.15. The summed E-state index contributed by atoms with van der Waals surface area (Å²) in [4.78, 5) is 4.58. The molecule has 0 spiro atoms. The summed E-state index contributed by atoms with van der Waals surface area (Å²) in [5.74, 6) is 1.25. The predicted octanol–water partition coefficient (Wildman–Crippen LogP) is 3.81. The third-order valence-electron chi connectivity index (χ3n) is 1.89. The lowest BCUT2D eigenvalue weighted by Crippen LogP contribution is -2.11. The maximum absolute atomic E-state index is 4.58. The SMILES string of the molecule is CCCCN=C1SCC(C(C)I)S1.